The average molecular weight is 276 g/mol. The van der Waals surface area contributed by atoms with E-state index < -0.39 is 11.7 Å². The van der Waals surface area contributed by atoms with Crippen LogP contribution in [0.1, 0.15) is 16.7 Å². The van der Waals surface area contributed by atoms with Gasteiger partial charge >= 0.3 is 6.18 Å². The van der Waals surface area contributed by atoms with Crippen LogP contribution in [-0.2, 0) is 12.7 Å². The molecule has 0 heterocycles. The summed E-state index contributed by atoms with van der Waals surface area (Å²) in [6.45, 7) is 0.288. The number of anilines is 1. The largest absolute Gasteiger partial charge is 0.418 e. The van der Waals surface area contributed by atoms with Crippen LogP contribution in [0, 0.1) is 11.3 Å². The molecule has 0 fully saturated rings. The van der Waals surface area contributed by atoms with Crippen molar-refractivity contribution in [3.05, 3.63) is 65.2 Å². The molecule has 102 valence electrons. The Morgan fingerprint density at radius 3 is 2.35 bits per heavy atom. The Morgan fingerprint density at radius 1 is 1.05 bits per heavy atom. The van der Waals surface area contributed by atoms with Gasteiger partial charge in [-0.3, -0.25) is 0 Å². The van der Waals surface area contributed by atoms with Gasteiger partial charge in [-0.1, -0.05) is 30.3 Å². The maximum atomic E-state index is 12.9. The highest BCUT2D eigenvalue weighted by Crippen LogP contribution is 2.35. The third kappa shape index (κ3) is 3.29. The highest BCUT2D eigenvalue weighted by molar-refractivity contribution is 5.56. The molecule has 0 aliphatic heterocycles. The fourth-order valence-corrected chi connectivity index (χ4v) is 1.80. The number of halogens is 3. The Morgan fingerprint density at radius 2 is 1.75 bits per heavy atom. The van der Waals surface area contributed by atoms with E-state index in [0.717, 1.165) is 11.6 Å². The van der Waals surface area contributed by atoms with E-state index in [0.29, 0.717) is 0 Å². The molecule has 0 saturated heterocycles. The Labute approximate surface area is 114 Å². The van der Waals surface area contributed by atoms with Gasteiger partial charge in [0.15, 0.2) is 0 Å². The van der Waals surface area contributed by atoms with Crippen molar-refractivity contribution >= 4 is 5.69 Å². The maximum Gasteiger partial charge on any atom is 0.418 e. The minimum atomic E-state index is -4.49. The first-order valence-corrected chi connectivity index (χ1v) is 5.90. The SMILES string of the molecule is N#Cc1ccc(NCc2ccccc2)c(C(F)(F)F)c1. The number of rotatable bonds is 3. The molecule has 0 aromatic heterocycles. The van der Waals surface area contributed by atoms with Crippen molar-refractivity contribution in [1.82, 2.24) is 0 Å². The second kappa shape index (κ2) is 5.66. The van der Waals surface area contributed by atoms with E-state index in [1.807, 2.05) is 30.3 Å². The predicted octanol–water partition coefficient (Wildman–Crippen LogP) is 4.19. The maximum absolute atomic E-state index is 12.9. The number of benzene rings is 2. The highest BCUT2D eigenvalue weighted by atomic mass is 19.4. The summed E-state index contributed by atoms with van der Waals surface area (Å²) in [6.07, 6.45) is -4.49. The Balaban J connectivity index is 2.25. The summed E-state index contributed by atoms with van der Waals surface area (Å²) in [7, 11) is 0. The van der Waals surface area contributed by atoms with E-state index in [-0.39, 0.29) is 17.8 Å². The standard InChI is InChI=1S/C15H11F3N2/c16-15(17,18)13-8-12(9-19)6-7-14(13)20-10-11-4-2-1-3-5-11/h1-8,20H,10H2. The molecule has 0 unspecified atom stereocenters. The number of hydrogen-bond acceptors (Lipinski definition) is 2. The van der Waals surface area contributed by atoms with Crippen molar-refractivity contribution in [2.75, 3.05) is 5.32 Å². The van der Waals surface area contributed by atoms with Crippen molar-refractivity contribution in [2.45, 2.75) is 12.7 Å². The zero-order valence-corrected chi connectivity index (χ0v) is 10.4. The van der Waals surface area contributed by atoms with Crippen LogP contribution < -0.4 is 5.32 Å². The normalized spacial score (nSPS) is 10.9. The highest BCUT2D eigenvalue weighted by Gasteiger charge is 2.33. The van der Waals surface area contributed by atoms with Gasteiger partial charge in [0.05, 0.1) is 17.2 Å². The van der Waals surface area contributed by atoms with E-state index >= 15 is 0 Å². The zero-order chi connectivity index (χ0) is 14.6. The van der Waals surface area contributed by atoms with Gasteiger partial charge in [-0.15, -0.1) is 0 Å². The van der Waals surface area contributed by atoms with Crippen LogP contribution in [0.15, 0.2) is 48.5 Å². The molecule has 0 saturated carbocycles. The molecule has 0 aliphatic rings. The molecule has 5 heteroatoms. The van der Waals surface area contributed by atoms with Crippen molar-refractivity contribution in [3.8, 4) is 6.07 Å². The van der Waals surface area contributed by atoms with E-state index in [9.17, 15) is 13.2 Å². The van der Waals surface area contributed by atoms with Crippen molar-refractivity contribution in [1.29, 1.82) is 5.26 Å². The Hall–Kier alpha value is -2.48. The van der Waals surface area contributed by atoms with Crippen LogP contribution in [0.4, 0.5) is 18.9 Å². The van der Waals surface area contributed by atoms with Crippen molar-refractivity contribution < 1.29 is 13.2 Å². The molecular weight excluding hydrogens is 265 g/mol. The van der Waals surface area contributed by atoms with Gasteiger partial charge in [-0.25, -0.2) is 0 Å². The minimum absolute atomic E-state index is 0.0115. The third-order valence-corrected chi connectivity index (χ3v) is 2.78. The number of alkyl halides is 3. The van der Waals surface area contributed by atoms with Gasteiger partial charge in [0.2, 0.25) is 0 Å². The third-order valence-electron chi connectivity index (χ3n) is 2.78. The molecule has 1 N–H and O–H groups in total. The average Bonchev–Trinajstić information content (AvgIpc) is 2.45. The quantitative estimate of drug-likeness (QED) is 0.912. The molecule has 0 atom stereocenters. The molecule has 20 heavy (non-hydrogen) atoms. The van der Waals surface area contributed by atoms with Crippen LogP contribution >= 0.6 is 0 Å². The van der Waals surface area contributed by atoms with E-state index in [2.05, 4.69) is 5.32 Å². The van der Waals surface area contributed by atoms with E-state index in [1.54, 1.807) is 6.07 Å². The number of nitrogens with one attached hydrogen (secondary N) is 1. The lowest BCUT2D eigenvalue weighted by Crippen LogP contribution is -2.11. The molecule has 0 amide bonds. The van der Waals surface area contributed by atoms with Gasteiger partial charge in [0.1, 0.15) is 0 Å². The topological polar surface area (TPSA) is 35.8 Å². The number of nitriles is 1. The number of nitrogens with zero attached hydrogens (tertiary/aromatic N) is 1. The lowest BCUT2D eigenvalue weighted by molar-refractivity contribution is -0.137. The fourth-order valence-electron chi connectivity index (χ4n) is 1.80. The molecule has 2 aromatic carbocycles. The summed E-state index contributed by atoms with van der Waals surface area (Å²) in [5.41, 5.74) is 0.0143. The number of hydrogen-bond donors (Lipinski definition) is 1. The molecule has 2 nitrogen and oxygen atoms in total. The lowest BCUT2D eigenvalue weighted by Gasteiger charge is -2.15. The summed E-state index contributed by atoms with van der Waals surface area (Å²) in [6, 6.07) is 14.3. The first-order chi connectivity index (χ1) is 9.50. The molecule has 0 spiro atoms. The monoisotopic (exact) mass is 276 g/mol. The van der Waals surface area contributed by atoms with Crippen LogP contribution in [0.2, 0.25) is 0 Å². The van der Waals surface area contributed by atoms with Crippen LogP contribution in [0.25, 0.3) is 0 Å². The molecule has 0 aliphatic carbocycles. The van der Waals surface area contributed by atoms with E-state index in [1.165, 1.54) is 12.1 Å². The van der Waals surface area contributed by atoms with E-state index in [4.69, 9.17) is 5.26 Å². The zero-order valence-electron chi connectivity index (χ0n) is 10.4. The molecule has 0 radical (unpaired) electrons. The van der Waals surface area contributed by atoms with Gasteiger partial charge < -0.3 is 5.32 Å². The first-order valence-electron chi connectivity index (χ1n) is 5.90. The second-order valence-corrected chi connectivity index (χ2v) is 4.21. The smallest absolute Gasteiger partial charge is 0.380 e. The molecule has 0 bridgehead atoms. The molecule has 2 aromatic rings. The summed E-state index contributed by atoms with van der Waals surface area (Å²) in [5.74, 6) is 0. The first kappa shape index (κ1) is 13.9. The minimum Gasteiger partial charge on any atom is -0.380 e. The molecular formula is C15H11F3N2. The Kier molecular flexibility index (Phi) is 3.94. The van der Waals surface area contributed by atoms with Crippen molar-refractivity contribution in [3.63, 3.8) is 0 Å². The molecule has 2 rings (SSSR count). The van der Waals surface area contributed by atoms with Gasteiger partial charge in [0, 0.05) is 12.2 Å². The van der Waals surface area contributed by atoms with Crippen molar-refractivity contribution in [2.24, 2.45) is 0 Å². The Bertz CT molecular complexity index is 628. The van der Waals surface area contributed by atoms with Gasteiger partial charge in [-0.2, -0.15) is 18.4 Å². The summed E-state index contributed by atoms with van der Waals surface area (Å²) < 4.78 is 38.8. The summed E-state index contributed by atoms with van der Waals surface area (Å²) in [4.78, 5) is 0. The van der Waals surface area contributed by atoms with Crippen LogP contribution in [-0.4, -0.2) is 0 Å². The second-order valence-electron chi connectivity index (χ2n) is 4.21. The summed E-state index contributed by atoms with van der Waals surface area (Å²) in [5, 5.41) is 11.4. The fraction of sp³-hybridized carbons (Fsp3) is 0.133. The predicted molar refractivity (Wildman–Crippen MR) is 69.9 cm³/mol. The van der Waals surface area contributed by atoms with Crippen LogP contribution in [0.5, 0.6) is 0 Å². The van der Waals surface area contributed by atoms with Gasteiger partial charge in [-0.05, 0) is 23.8 Å². The lowest BCUT2D eigenvalue weighted by atomic mass is 10.1. The van der Waals surface area contributed by atoms with Gasteiger partial charge in [0.25, 0.3) is 0 Å². The van der Waals surface area contributed by atoms with Crippen LogP contribution in [0.3, 0.4) is 0 Å². The summed E-state index contributed by atoms with van der Waals surface area (Å²) >= 11 is 0.